The summed E-state index contributed by atoms with van der Waals surface area (Å²) in [5.74, 6) is -0.644. The zero-order valence-electron chi connectivity index (χ0n) is 19.0. The number of benzene rings is 2. The highest BCUT2D eigenvalue weighted by atomic mass is 19.1. The Morgan fingerprint density at radius 1 is 1.06 bits per heavy atom. The van der Waals surface area contributed by atoms with Crippen molar-refractivity contribution in [2.24, 2.45) is 0 Å². The molecule has 1 atom stereocenters. The van der Waals surface area contributed by atoms with Crippen molar-refractivity contribution in [2.75, 3.05) is 25.0 Å². The van der Waals surface area contributed by atoms with Crippen molar-refractivity contribution in [2.45, 2.75) is 32.9 Å². The number of urea groups is 1. The molecular formula is C26H29FN4O2. The fraction of sp³-hybridized carbons (Fsp3) is 0.308. The number of fused-ring (bicyclic) bond motifs is 1. The lowest BCUT2D eigenvalue weighted by Crippen LogP contribution is -2.49. The SMILES string of the molecule is CCCN(CC(=O)N1CCn2cccc2C1c1ccc(C)cc1)C(=O)Nc1ccccc1F. The smallest absolute Gasteiger partial charge is 0.322 e. The summed E-state index contributed by atoms with van der Waals surface area (Å²) >= 11 is 0. The molecule has 1 aromatic heterocycles. The molecule has 3 amide bonds. The number of halogens is 1. The van der Waals surface area contributed by atoms with Crippen molar-refractivity contribution < 1.29 is 14.0 Å². The molecule has 4 rings (SSSR count). The third-order valence-corrected chi connectivity index (χ3v) is 5.97. The monoisotopic (exact) mass is 448 g/mol. The molecule has 2 heterocycles. The molecule has 0 saturated carbocycles. The van der Waals surface area contributed by atoms with Gasteiger partial charge in [-0.2, -0.15) is 0 Å². The van der Waals surface area contributed by atoms with Gasteiger partial charge in [-0.1, -0.05) is 48.9 Å². The van der Waals surface area contributed by atoms with Crippen molar-refractivity contribution in [3.63, 3.8) is 0 Å². The van der Waals surface area contributed by atoms with Gasteiger partial charge >= 0.3 is 6.03 Å². The molecular weight excluding hydrogens is 419 g/mol. The summed E-state index contributed by atoms with van der Waals surface area (Å²) in [6, 6.07) is 17.5. The molecule has 33 heavy (non-hydrogen) atoms. The van der Waals surface area contributed by atoms with Gasteiger partial charge in [0.1, 0.15) is 12.4 Å². The summed E-state index contributed by atoms with van der Waals surface area (Å²) in [7, 11) is 0. The lowest BCUT2D eigenvalue weighted by atomic mass is 9.98. The van der Waals surface area contributed by atoms with Gasteiger partial charge < -0.3 is 19.7 Å². The van der Waals surface area contributed by atoms with Crippen molar-refractivity contribution in [1.82, 2.24) is 14.4 Å². The Bertz CT molecular complexity index is 1130. The predicted molar refractivity (Wildman–Crippen MR) is 126 cm³/mol. The number of nitrogens with one attached hydrogen (secondary N) is 1. The highest BCUT2D eigenvalue weighted by Gasteiger charge is 2.33. The van der Waals surface area contributed by atoms with Crippen LogP contribution in [0.3, 0.4) is 0 Å². The Kier molecular flexibility index (Phi) is 6.77. The average molecular weight is 449 g/mol. The molecule has 1 unspecified atom stereocenters. The summed E-state index contributed by atoms with van der Waals surface area (Å²) in [5.41, 5.74) is 3.34. The molecule has 0 saturated heterocycles. The molecule has 1 aliphatic rings. The Hall–Kier alpha value is -3.61. The number of carbonyl (C=O) groups is 2. The number of anilines is 1. The minimum Gasteiger partial charge on any atom is -0.348 e. The number of carbonyl (C=O) groups excluding carboxylic acids is 2. The highest BCUT2D eigenvalue weighted by molar-refractivity contribution is 5.92. The molecule has 0 aliphatic carbocycles. The molecule has 172 valence electrons. The second-order valence-electron chi connectivity index (χ2n) is 8.36. The van der Waals surface area contributed by atoms with Crippen molar-refractivity contribution in [3.05, 3.63) is 89.5 Å². The molecule has 0 radical (unpaired) electrons. The van der Waals surface area contributed by atoms with E-state index in [-0.39, 0.29) is 24.2 Å². The van der Waals surface area contributed by atoms with Crippen LogP contribution in [0.4, 0.5) is 14.9 Å². The maximum Gasteiger partial charge on any atom is 0.322 e. The number of nitrogens with zero attached hydrogens (tertiary/aromatic N) is 3. The zero-order valence-corrected chi connectivity index (χ0v) is 19.0. The van der Waals surface area contributed by atoms with Crippen LogP contribution in [0.5, 0.6) is 0 Å². The van der Waals surface area contributed by atoms with Crippen LogP contribution in [-0.2, 0) is 11.3 Å². The molecule has 1 N–H and O–H groups in total. The van der Waals surface area contributed by atoms with Crippen LogP contribution in [0, 0.1) is 12.7 Å². The van der Waals surface area contributed by atoms with Gasteiger partial charge in [0.25, 0.3) is 0 Å². The van der Waals surface area contributed by atoms with Gasteiger partial charge in [-0.25, -0.2) is 9.18 Å². The summed E-state index contributed by atoms with van der Waals surface area (Å²) in [6.45, 7) is 5.55. The molecule has 0 bridgehead atoms. The number of aryl methyl sites for hydroxylation is 1. The molecule has 2 aromatic carbocycles. The number of rotatable bonds is 6. The van der Waals surface area contributed by atoms with E-state index in [0.29, 0.717) is 26.1 Å². The van der Waals surface area contributed by atoms with Crippen molar-refractivity contribution in [1.29, 1.82) is 0 Å². The molecule has 0 spiro atoms. The maximum atomic E-state index is 14.0. The molecule has 7 heteroatoms. The van der Waals surface area contributed by atoms with Crippen LogP contribution in [0.25, 0.3) is 0 Å². The van der Waals surface area contributed by atoms with E-state index >= 15 is 0 Å². The standard InChI is InChI=1S/C26H29FN4O2/c1-3-14-30(26(33)28-22-8-5-4-7-21(22)27)18-24(32)31-17-16-29-15-6-9-23(29)25(31)20-12-10-19(2)11-13-20/h4-13,15,25H,3,14,16-18H2,1-2H3,(H,28,33). The lowest BCUT2D eigenvalue weighted by Gasteiger charge is -2.38. The van der Waals surface area contributed by atoms with E-state index in [9.17, 15) is 14.0 Å². The summed E-state index contributed by atoms with van der Waals surface area (Å²) < 4.78 is 16.2. The quantitative estimate of drug-likeness (QED) is 0.588. The molecule has 3 aromatic rings. The first kappa shape index (κ1) is 22.6. The van der Waals surface area contributed by atoms with E-state index in [1.807, 2.05) is 49.2 Å². The first-order chi connectivity index (χ1) is 16.0. The first-order valence-electron chi connectivity index (χ1n) is 11.3. The van der Waals surface area contributed by atoms with E-state index in [2.05, 4.69) is 22.0 Å². The fourth-order valence-corrected chi connectivity index (χ4v) is 4.28. The van der Waals surface area contributed by atoms with Gasteiger partial charge in [0.2, 0.25) is 5.91 Å². The van der Waals surface area contributed by atoms with Gasteiger partial charge in [-0.15, -0.1) is 0 Å². The third kappa shape index (κ3) is 4.92. The summed E-state index contributed by atoms with van der Waals surface area (Å²) in [6.07, 6.45) is 2.71. The van der Waals surface area contributed by atoms with Crippen LogP contribution >= 0.6 is 0 Å². The Labute approximate surface area is 193 Å². The lowest BCUT2D eigenvalue weighted by molar-refractivity contribution is -0.134. The largest absolute Gasteiger partial charge is 0.348 e. The second-order valence-corrected chi connectivity index (χ2v) is 8.36. The van der Waals surface area contributed by atoms with Gasteiger partial charge in [0.05, 0.1) is 11.7 Å². The Morgan fingerprint density at radius 3 is 2.55 bits per heavy atom. The van der Waals surface area contributed by atoms with Crippen LogP contribution in [0.2, 0.25) is 0 Å². The maximum absolute atomic E-state index is 14.0. The predicted octanol–water partition coefficient (Wildman–Crippen LogP) is 4.81. The van der Waals surface area contributed by atoms with E-state index in [1.165, 1.54) is 17.0 Å². The zero-order chi connectivity index (χ0) is 23.4. The van der Waals surface area contributed by atoms with Crippen LogP contribution in [-0.4, -0.2) is 45.9 Å². The minimum atomic E-state index is -0.509. The van der Waals surface area contributed by atoms with E-state index in [0.717, 1.165) is 16.8 Å². The number of hydrogen-bond donors (Lipinski definition) is 1. The van der Waals surface area contributed by atoms with E-state index in [4.69, 9.17) is 0 Å². The van der Waals surface area contributed by atoms with E-state index in [1.54, 1.807) is 12.1 Å². The van der Waals surface area contributed by atoms with Crippen LogP contribution < -0.4 is 5.32 Å². The molecule has 6 nitrogen and oxygen atoms in total. The summed E-state index contributed by atoms with van der Waals surface area (Å²) in [4.78, 5) is 29.7. The molecule has 0 fully saturated rings. The second kappa shape index (κ2) is 9.90. The van der Waals surface area contributed by atoms with Crippen LogP contribution in [0.15, 0.2) is 66.9 Å². The van der Waals surface area contributed by atoms with Gasteiger partial charge in [0, 0.05) is 31.5 Å². The highest BCUT2D eigenvalue weighted by Crippen LogP contribution is 2.32. The summed E-state index contributed by atoms with van der Waals surface area (Å²) in [5, 5.41) is 2.60. The number of hydrogen-bond acceptors (Lipinski definition) is 2. The molecule has 1 aliphatic heterocycles. The number of amides is 3. The Balaban J connectivity index is 1.56. The van der Waals surface area contributed by atoms with Crippen LogP contribution in [0.1, 0.15) is 36.2 Å². The normalized spacial score (nSPS) is 15.1. The Morgan fingerprint density at radius 2 is 1.82 bits per heavy atom. The van der Waals surface area contributed by atoms with Gasteiger partial charge in [-0.05, 0) is 43.2 Å². The van der Waals surface area contributed by atoms with Gasteiger partial charge in [-0.3, -0.25) is 4.79 Å². The first-order valence-corrected chi connectivity index (χ1v) is 11.3. The topological polar surface area (TPSA) is 57.6 Å². The van der Waals surface area contributed by atoms with Crippen molar-refractivity contribution in [3.8, 4) is 0 Å². The average Bonchev–Trinajstić information content (AvgIpc) is 3.29. The number of aromatic nitrogens is 1. The van der Waals surface area contributed by atoms with Crippen molar-refractivity contribution >= 4 is 17.6 Å². The van der Waals surface area contributed by atoms with E-state index < -0.39 is 11.8 Å². The number of para-hydroxylation sites is 1. The van der Waals surface area contributed by atoms with Gasteiger partial charge in [0.15, 0.2) is 0 Å². The minimum absolute atomic E-state index is 0.0722. The fourth-order valence-electron chi connectivity index (χ4n) is 4.28. The third-order valence-electron chi connectivity index (χ3n) is 5.97.